The Morgan fingerprint density at radius 3 is 2.61 bits per heavy atom. The second-order valence-corrected chi connectivity index (χ2v) is 5.54. The first-order valence-electron chi connectivity index (χ1n) is 7.88. The predicted molar refractivity (Wildman–Crippen MR) is 89.7 cm³/mol. The summed E-state index contributed by atoms with van der Waals surface area (Å²) in [5.74, 6) is 0.0614. The number of hydrogen-bond acceptors (Lipinski definition) is 3. The molecule has 0 bridgehead atoms. The number of aromatic nitrogens is 3. The number of amides is 1. The zero-order valence-electron chi connectivity index (χ0n) is 13.2. The van der Waals surface area contributed by atoms with E-state index in [0.29, 0.717) is 6.54 Å². The lowest BCUT2D eigenvalue weighted by Crippen LogP contribution is -2.34. The number of benzene rings is 2. The maximum atomic E-state index is 12.7. The van der Waals surface area contributed by atoms with Crippen LogP contribution in [0.2, 0.25) is 0 Å². The Morgan fingerprint density at radius 1 is 1.09 bits per heavy atom. The molecule has 0 N–H and O–H groups in total. The molecule has 3 aromatic rings. The van der Waals surface area contributed by atoms with Gasteiger partial charge in [0.15, 0.2) is 0 Å². The molecule has 0 fully saturated rings. The molecule has 1 heterocycles. The van der Waals surface area contributed by atoms with Gasteiger partial charge in [0.25, 0.3) is 0 Å². The van der Waals surface area contributed by atoms with Crippen molar-refractivity contribution in [3.63, 3.8) is 0 Å². The Bertz CT molecular complexity index is 782. The van der Waals surface area contributed by atoms with Gasteiger partial charge in [-0.15, -0.1) is 5.10 Å². The molecule has 0 saturated heterocycles. The van der Waals surface area contributed by atoms with Crippen molar-refractivity contribution >= 4 is 16.9 Å². The van der Waals surface area contributed by atoms with E-state index in [9.17, 15) is 4.79 Å². The Morgan fingerprint density at radius 2 is 1.83 bits per heavy atom. The third-order valence-corrected chi connectivity index (χ3v) is 3.77. The van der Waals surface area contributed by atoms with Crippen LogP contribution in [0.1, 0.15) is 18.9 Å². The number of nitrogens with zero attached hydrogens (tertiary/aromatic N) is 4. The van der Waals surface area contributed by atoms with Crippen molar-refractivity contribution in [3.05, 3.63) is 60.2 Å². The van der Waals surface area contributed by atoms with Crippen LogP contribution in [0.4, 0.5) is 0 Å². The van der Waals surface area contributed by atoms with Gasteiger partial charge in [-0.1, -0.05) is 54.6 Å². The first-order chi connectivity index (χ1) is 11.3. The Kier molecular flexibility index (Phi) is 4.66. The molecule has 5 nitrogen and oxygen atoms in total. The van der Waals surface area contributed by atoms with E-state index >= 15 is 0 Å². The van der Waals surface area contributed by atoms with Crippen molar-refractivity contribution in [1.29, 1.82) is 0 Å². The van der Waals surface area contributed by atoms with Gasteiger partial charge in [-0.3, -0.25) is 4.79 Å². The number of fused-ring (bicyclic) bond motifs is 1. The lowest BCUT2D eigenvalue weighted by atomic mass is 10.2. The topological polar surface area (TPSA) is 51.0 Å². The molecule has 118 valence electrons. The highest BCUT2D eigenvalue weighted by molar-refractivity contribution is 5.79. The Labute approximate surface area is 135 Å². The molecule has 2 aromatic carbocycles. The van der Waals surface area contributed by atoms with E-state index in [2.05, 4.69) is 17.2 Å². The highest BCUT2D eigenvalue weighted by Crippen LogP contribution is 2.11. The number of rotatable bonds is 6. The maximum absolute atomic E-state index is 12.7. The van der Waals surface area contributed by atoms with Gasteiger partial charge >= 0.3 is 0 Å². The number of carbonyl (C=O) groups excluding carboxylic acids is 1. The molecular weight excluding hydrogens is 288 g/mol. The number of para-hydroxylation sites is 1. The van der Waals surface area contributed by atoms with E-state index in [4.69, 9.17) is 0 Å². The van der Waals surface area contributed by atoms with Gasteiger partial charge in [-0.05, 0) is 24.1 Å². The van der Waals surface area contributed by atoms with Crippen molar-refractivity contribution < 1.29 is 4.79 Å². The molecule has 0 aliphatic heterocycles. The molecule has 0 radical (unpaired) electrons. The first kappa shape index (κ1) is 15.2. The molecule has 0 aliphatic carbocycles. The fourth-order valence-electron chi connectivity index (χ4n) is 2.63. The lowest BCUT2D eigenvalue weighted by Gasteiger charge is -2.22. The first-order valence-corrected chi connectivity index (χ1v) is 7.88. The molecular formula is C18H20N4O. The van der Waals surface area contributed by atoms with Gasteiger partial charge < -0.3 is 4.90 Å². The zero-order chi connectivity index (χ0) is 16.1. The summed E-state index contributed by atoms with van der Waals surface area (Å²) in [5, 5.41) is 8.21. The van der Waals surface area contributed by atoms with Crippen LogP contribution in [0, 0.1) is 0 Å². The molecule has 0 atom stereocenters. The summed E-state index contributed by atoms with van der Waals surface area (Å²) in [7, 11) is 0. The molecule has 0 spiro atoms. The fraction of sp³-hybridized carbons (Fsp3) is 0.278. The molecule has 0 saturated carbocycles. The number of carbonyl (C=O) groups is 1. The summed E-state index contributed by atoms with van der Waals surface area (Å²) < 4.78 is 1.67. The van der Waals surface area contributed by atoms with E-state index in [1.807, 2.05) is 59.5 Å². The highest BCUT2D eigenvalue weighted by atomic mass is 16.2. The van der Waals surface area contributed by atoms with Crippen LogP contribution in [0.15, 0.2) is 54.6 Å². The van der Waals surface area contributed by atoms with Gasteiger partial charge in [0.2, 0.25) is 5.91 Å². The third kappa shape index (κ3) is 3.56. The van der Waals surface area contributed by atoms with Crippen molar-refractivity contribution in [2.75, 3.05) is 6.54 Å². The highest BCUT2D eigenvalue weighted by Gasteiger charge is 2.15. The van der Waals surface area contributed by atoms with Crippen molar-refractivity contribution in [3.8, 4) is 0 Å². The van der Waals surface area contributed by atoms with Crippen LogP contribution in [-0.4, -0.2) is 32.3 Å². The minimum Gasteiger partial charge on any atom is -0.337 e. The second kappa shape index (κ2) is 7.05. The van der Waals surface area contributed by atoms with Crippen molar-refractivity contribution in [1.82, 2.24) is 19.9 Å². The average Bonchev–Trinajstić information content (AvgIpc) is 2.99. The Hall–Kier alpha value is -2.69. The average molecular weight is 308 g/mol. The molecule has 1 aromatic heterocycles. The predicted octanol–water partition coefficient (Wildman–Crippen LogP) is 2.87. The van der Waals surface area contributed by atoms with Crippen LogP contribution in [0.5, 0.6) is 0 Å². The molecule has 0 aliphatic rings. The van der Waals surface area contributed by atoms with E-state index in [0.717, 1.165) is 29.6 Å². The summed E-state index contributed by atoms with van der Waals surface area (Å²) in [4.78, 5) is 14.6. The molecule has 23 heavy (non-hydrogen) atoms. The van der Waals surface area contributed by atoms with E-state index in [1.54, 1.807) is 4.68 Å². The standard InChI is InChI=1S/C18H20N4O/c1-2-12-21(13-15-8-4-3-5-9-15)18(23)14-22-17-11-7-6-10-16(17)19-20-22/h3-11H,2,12-14H2,1H3. The summed E-state index contributed by atoms with van der Waals surface area (Å²) in [6.45, 7) is 3.66. The smallest absolute Gasteiger partial charge is 0.244 e. The van der Waals surface area contributed by atoms with E-state index in [1.165, 1.54) is 0 Å². The molecule has 3 rings (SSSR count). The lowest BCUT2D eigenvalue weighted by molar-refractivity contribution is -0.132. The second-order valence-electron chi connectivity index (χ2n) is 5.54. The number of hydrogen-bond donors (Lipinski definition) is 0. The van der Waals surface area contributed by atoms with Crippen molar-refractivity contribution in [2.45, 2.75) is 26.4 Å². The molecule has 5 heteroatoms. The zero-order valence-corrected chi connectivity index (χ0v) is 13.2. The van der Waals surface area contributed by atoms with Crippen LogP contribution in [0.3, 0.4) is 0 Å². The summed E-state index contributed by atoms with van der Waals surface area (Å²) in [6, 6.07) is 17.7. The van der Waals surface area contributed by atoms with Crippen LogP contribution >= 0.6 is 0 Å². The van der Waals surface area contributed by atoms with Gasteiger partial charge in [0.1, 0.15) is 12.1 Å². The fourth-order valence-corrected chi connectivity index (χ4v) is 2.63. The minimum absolute atomic E-state index is 0.0614. The largest absolute Gasteiger partial charge is 0.337 e. The van der Waals surface area contributed by atoms with Crippen LogP contribution < -0.4 is 0 Å². The third-order valence-electron chi connectivity index (χ3n) is 3.77. The minimum atomic E-state index is 0.0614. The van der Waals surface area contributed by atoms with Gasteiger partial charge in [-0.25, -0.2) is 4.68 Å². The van der Waals surface area contributed by atoms with Gasteiger partial charge in [0, 0.05) is 13.1 Å². The SMILES string of the molecule is CCCN(Cc1ccccc1)C(=O)Cn1nnc2ccccc21. The molecule has 1 amide bonds. The van der Waals surface area contributed by atoms with Crippen molar-refractivity contribution in [2.24, 2.45) is 0 Å². The Balaban J connectivity index is 1.76. The molecule has 0 unspecified atom stereocenters. The normalized spacial score (nSPS) is 10.8. The monoisotopic (exact) mass is 308 g/mol. The van der Waals surface area contributed by atoms with Crippen LogP contribution in [-0.2, 0) is 17.9 Å². The van der Waals surface area contributed by atoms with Crippen LogP contribution in [0.25, 0.3) is 11.0 Å². The summed E-state index contributed by atoms with van der Waals surface area (Å²) >= 11 is 0. The van der Waals surface area contributed by atoms with E-state index < -0.39 is 0 Å². The van der Waals surface area contributed by atoms with E-state index in [-0.39, 0.29) is 12.5 Å². The quantitative estimate of drug-likeness (QED) is 0.703. The van der Waals surface area contributed by atoms with Gasteiger partial charge in [0.05, 0.1) is 5.52 Å². The maximum Gasteiger partial charge on any atom is 0.244 e. The summed E-state index contributed by atoms with van der Waals surface area (Å²) in [5.41, 5.74) is 2.83. The summed E-state index contributed by atoms with van der Waals surface area (Å²) in [6.07, 6.45) is 0.927. The van der Waals surface area contributed by atoms with Gasteiger partial charge in [-0.2, -0.15) is 0 Å².